The van der Waals surface area contributed by atoms with Crippen molar-refractivity contribution < 1.29 is 26.3 Å². The second-order valence-corrected chi connectivity index (χ2v) is 9.99. The lowest BCUT2D eigenvalue weighted by molar-refractivity contribution is -0.137. The van der Waals surface area contributed by atoms with E-state index in [0.29, 0.717) is 0 Å². The van der Waals surface area contributed by atoms with E-state index in [4.69, 9.17) is 16.3 Å². The van der Waals surface area contributed by atoms with Crippen LogP contribution >= 0.6 is 11.6 Å². The van der Waals surface area contributed by atoms with Crippen molar-refractivity contribution in [2.45, 2.75) is 11.1 Å². The van der Waals surface area contributed by atoms with Gasteiger partial charge in [-0.3, -0.25) is 4.72 Å². The number of rotatable bonds is 6. The summed E-state index contributed by atoms with van der Waals surface area (Å²) in [5.74, 6) is -0.225. The molecule has 1 fully saturated rings. The number of nitriles is 1. The van der Waals surface area contributed by atoms with Crippen LogP contribution in [0.1, 0.15) is 11.1 Å². The number of hydrogen-bond acceptors (Lipinski definition) is 6. The van der Waals surface area contributed by atoms with Gasteiger partial charge in [-0.1, -0.05) is 11.6 Å². The van der Waals surface area contributed by atoms with Gasteiger partial charge < -0.3 is 15.0 Å². The predicted octanol–water partition coefficient (Wildman–Crippen LogP) is 5.23. The molecule has 36 heavy (non-hydrogen) atoms. The Bertz CT molecular complexity index is 1400. The molecular weight excluding hydrogens is 517 g/mol. The van der Waals surface area contributed by atoms with Crippen LogP contribution in [0.4, 0.5) is 24.5 Å². The van der Waals surface area contributed by atoms with Crippen molar-refractivity contribution in [1.82, 2.24) is 5.32 Å². The van der Waals surface area contributed by atoms with Gasteiger partial charge in [-0.05, 0) is 60.7 Å². The maximum atomic E-state index is 13.1. The fourth-order valence-electron chi connectivity index (χ4n) is 3.66. The fourth-order valence-corrected chi connectivity index (χ4v) is 4.93. The SMILES string of the molecule is N#Cc1cc(NS(=O)(=O)c2ccc(N3CCNCC3)cc2)ccc1Oc1ccc(Cl)c(C(F)(F)F)c1. The van der Waals surface area contributed by atoms with Gasteiger partial charge in [0, 0.05) is 31.9 Å². The molecule has 0 unspecified atom stereocenters. The molecule has 1 aliphatic rings. The van der Waals surface area contributed by atoms with Crippen LogP contribution < -0.4 is 19.7 Å². The maximum Gasteiger partial charge on any atom is 0.417 e. The van der Waals surface area contributed by atoms with Crippen LogP contribution in [-0.2, 0) is 16.2 Å². The first-order valence-electron chi connectivity index (χ1n) is 10.7. The number of ether oxygens (including phenoxy) is 1. The molecule has 0 aromatic heterocycles. The van der Waals surface area contributed by atoms with Gasteiger partial charge in [-0.25, -0.2) is 8.42 Å². The molecule has 0 saturated carbocycles. The summed E-state index contributed by atoms with van der Waals surface area (Å²) < 4.78 is 72.9. The third kappa shape index (κ3) is 5.84. The Kier molecular flexibility index (Phi) is 7.31. The van der Waals surface area contributed by atoms with E-state index in [2.05, 4.69) is 14.9 Å². The van der Waals surface area contributed by atoms with Gasteiger partial charge in [0.2, 0.25) is 0 Å². The molecule has 12 heteroatoms. The second-order valence-electron chi connectivity index (χ2n) is 7.90. The Labute approximate surface area is 211 Å². The van der Waals surface area contributed by atoms with Crippen molar-refractivity contribution in [1.29, 1.82) is 5.26 Å². The normalized spacial score (nSPS) is 14.2. The van der Waals surface area contributed by atoms with E-state index >= 15 is 0 Å². The lowest BCUT2D eigenvalue weighted by atomic mass is 10.2. The molecule has 7 nitrogen and oxygen atoms in total. The highest BCUT2D eigenvalue weighted by Crippen LogP contribution is 2.38. The van der Waals surface area contributed by atoms with E-state index < -0.39 is 26.8 Å². The number of anilines is 2. The number of halogens is 4. The van der Waals surface area contributed by atoms with Crippen molar-refractivity contribution in [2.24, 2.45) is 0 Å². The summed E-state index contributed by atoms with van der Waals surface area (Å²) in [6.07, 6.45) is -4.68. The Morgan fingerprint density at radius 3 is 2.36 bits per heavy atom. The molecule has 1 saturated heterocycles. The highest BCUT2D eigenvalue weighted by molar-refractivity contribution is 7.92. The van der Waals surface area contributed by atoms with E-state index in [0.717, 1.165) is 44.0 Å². The van der Waals surface area contributed by atoms with Crippen LogP contribution in [0, 0.1) is 11.3 Å². The highest BCUT2D eigenvalue weighted by atomic mass is 35.5. The molecule has 1 aliphatic heterocycles. The van der Waals surface area contributed by atoms with Crippen LogP contribution in [0.5, 0.6) is 11.5 Å². The first-order valence-corrected chi connectivity index (χ1v) is 12.6. The van der Waals surface area contributed by atoms with E-state index in [1.54, 1.807) is 12.1 Å². The zero-order valence-electron chi connectivity index (χ0n) is 18.6. The first kappa shape index (κ1) is 25.6. The highest BCUT2D eigenvalue weighted by Gasteiger charge is 2.33. The summed E-state index contributed by atoms with van der Waals surface area (Å²) in [6.45, 7) is 3.35. The minimum absolute atomic E-state index is 0.0427. The molecule has 2 N–H and O–H groups in total. The van der Waals surface area contributed by atoms with Gasteiger partial charge in [0.15, 0.2) is 0 Å². The van der Waals surface area contributed by atoms with Gasteiger partial charge in [-0.15, -0.1) is 0 Å². The minimum Gasteiger partial charge on any atom is -0.456 e. The number of nitrogens with zero attached hydrogens (tertiary/aromatic N) is 2. The molecule has 0 aliphatic carbocycles. The quantitative estimate of drug-likeness (QED) is 0.448. The first-order chi connectivity index (χ1) is 17.1. The molecule has 3 aromatic rings. The van der Waals surface area contributed by atoms with Gasteiger partial charge >= 0.3 is 6.18 Å². The number of alkyl halides is 3. The maximum absolute atomic E-state index is 13.1. The summed E-state index contributed by atoms with van der Waals surface area (Å²) in [5.41, 5.74) is -0.142. The van der Waals surface area contributed by atoms with E-state index in [-0.39, 0.29) is 27.6 Å². The fraction of sp³-hybridized carbons (Fsp3) is 0.208. The standard InChI is InChI=1S/C24H20ClF3N4O3S/c25-22-7-4-19(14-21(22)24(26,27)28)35-23-8-1-17(13-16(23)15-29)31-36(33,34)20-5-2-18(3-6-20)32-11-9-30-10-12-32/h1-8,13-14,30-31H,9-12H2. The molecule has 188 valence electrons. The lowest BCUT2D eigenvalue weighted by Gasteiger charge is -2.29. The van der Waals surface area contributed by atoms with Crippen LogP contribution in [0.15, 0.2) is 65.6 Å². The Morgan fingerprint density at radius 2 is 1.72 bits per heavy atom. The van der Waals surface area contributed by atoms with Crippen LogP contribution in [0.25, 0.3) is 0 Å². The average molecular weight is 537 g/mol. The van der Waals surface area contributed by atoms with E-state index in [1.807, 2.05) is 6.07 Å². The van der Waals surface area contributed by atoms with Crippen molar-refractivity contribution in [2.75, 3.05) is 35.8 Å². The topological polar surface area (TPSA) is 94.5 Å². The zero-order chi connectivity index (χ0) is 25.9. The van der Waals surface area contributed by atoms with Crippen LogP contribution in [0.2, 0.25) is 5.02 Å². The Hall–Kier alpha value is -3.46. The third-order valence-corrected chi connectivity index (χ3v) is 7.18. The van der Waals surface area contributed by atoms with Crippen LogP contribution in [0.3, 0.4) is 0 Å². The summed E-state index contributed by atoms with van der Waals surface area (Å²) in [6, 6.07) is 15.2. The largest absolute Gasteiger partial charge is 0.456 e. The molecule has 3 aromatic carbocycles. The molecule has 0 amide bonds. The third-order valence-electron chi connectivity index (χ3n) is 5.45. The minimum atomic E-state index is -4.68. The summed E-state index contributed by atoms with van der Waals surface area (Å²) in [5, 5.41) is 12.3. The number of nitrogens with one attached hydrogen (secondary N) is 2. The van der Waals surface area contributed by atoms with Gasteiger partial charge in [0.1, 0.15) is 17.6 Å². The van der Waals surface area contributed by atoms with Crippen molar-refractivity contribution in [3.05, 3.63) is 76.8 Å². The zero-order valence-corrected chi connectivity index (χ0v) is 20.2. The molecule has 0 spiro atoms. The molecule has 0 radical (unpaired) electrons. The molecule has 0 atom stereocenters. The predicted molar refractivity (Wildman–Crippen MR) is 130 cm³/mol. The van der Waals surface area contributed by atoms with Crippen molar-refractivity contribution in [3.8, 4) is 17.6 Å². The lowest BCUT2D eigenvalue weighted by Crippen LogP contribution is -2.43. The average Bonchev–Trinajstić information content (AvgIpc) is 2.86. The smallest absolute Gasteiger partial charge is 0.417 e. The molecule has 0 bridgehead atoms. The van der Waals surface area contributed by atoms with Crippen LogP contribution in [-0.4, -0.2) is 34.6 Å². The number of sulfonamides is 1. The van der Waals surface area contributed by atoms with Gasteiger partial charge in [0.25, 0.3) is 10.0 Å². The summed E-state index contributed by atoms with van der Waals surface area (Å²) in [4.78, 5) is 2.19. The van der Waals surface area contributed by atoms with E-state index in [9.17, 15) is 26.9 Å². The number of piperazine rings is 1. The van der Waals surface area contributed by atoms with E-state index in [1.165, 1.54) is 36.4 Å². The van der Waals surface area contributed by atoms with Gasteiger partial charge in [0.05, 0.1) is 26.7 Å². The molecule has 1 heterocycles. The molecule has 4 rings (SSSR count). The molecular formula is C24H20ClF3N4O3S. The summed E-state index contributed by atoms with van der Waals surface area (Å²) >= 11 is 5.63. The van der Waals surface area contributed by atoms with Crippen molar-refractivity contribution >= 4 is 33.0 Å². The monoisotopic (exact) mass is 536 g/mol. The van der Waals surface area contributed by atoms with Crippen molar-refractivity contribution in [3.63, 3.8) is 0 Å². The van der Waals surface area contributed by atoms with Gasteiger partial charge in [-0.2, -0.15) is 18.4 Å². The second kappa shape index (κ2) is 10.3. The number of hydrogen-bond donors (Lipinski definition) is 2. The number of benzene rings is 3. The Morgan fingerprint density at radius 1 is 1.03 bits per heavy atom. The summed E-state index contributed by atoms with van der Waals surface area (Å²) in [7, 11) is -3.96. The Balaban J connectivity index is 1.52.